The lowest BCUT2D eigenvalue weighted by molar-refractivity contribution is -0.133. The molecule has 82 heavy (non-hydrogen) atoms. The Bertz CT molecular complexity index is 3040. The van der Waals surface area contributed by atoms with Gasteiger partial charge < -0.3 is 30.7 Å². The number of anilines is 3. The van der Waals surface area contributed by atoms with E-state index in [9.17, 15) is 18.8 Å². The molecule has 24 heteroatoms. The van der Waals surface area contributed by atoms with Gasteiger partial charge in [-0.25, -0.2) is 24.3 Å². The number of rotatable bonds is 13. The maximum Gasteiger partial charge on any atom is 0.245 e. The first-order valence-electron chi connectivity index (χ1n) is 27.3. The Morgan fingerprint density at radius 2 is 1.17 bits per heavy atom. The number of carbonyl (C=O) groups excluding carboxylic acids is 3. The van der Waals surface area contributed by atoms with Crippen LogP contribution in [0, 0.1) is 5.82 Å². The van der Waals surface area contributed by atoms with Crippen molar-refractivity contribution in [2.75, 3.05) is 99.5 Å². The molecule has 3 aromatic heterocycles. The van der Waals surface area contributed by atoms with E-state index < -0.39 is 5.54 Å². The minimum Gasteiger partial charge on any atom is -0.368 e. The summed E-state index contributed by atoms with van der Waals surface area (Å²) in [6.07, 6.45) is 7.38. The van der Waals surface area contributed by atoms with Gasteiger partial charge in [-0.1, -0.05) is 14.9 Å². The largest absolute Gasteiger partial charge is 0.368 e. The van der Waals surface area contributed by atoms with Crippen molar-refractivity contribution < 1.29 is 18.8 Å². The molecule has 3 aliphatic rings. The van der Waals surface area contributed by atoms with Gasteiger partial charge in [-0.15, -0.1) is 47.3 Å². The van der Waals surface area contributed by atoms with Crippen molar-refractivity contribution in [3.63, 3.8) is 0 Å². The van der Waals surface area contributed by atoms with Gasteiger partial charge in [-0.3, -0.25) is 29.3 Å². The van der Waals surface area contributed by atoms with E-state index in [0.29, 0.717) is 55.3 Å². The van der Waals surface area contributed by atoms with Crippen molar-refractivity contribution in [1.82, 2.24) is 49.7 Å². The van der Waals surface area contributed by atoms with Crippen molar-refractivity contribution >= 4 is 101 Å². The molecule has 4 N–H and O–H groups in total. The van der Waals surface area contributed by atoms with Crippen LogP contribution < -0.4 is 20.9 Å². The van der Waals surface area contributed by atoms with E-state index in [4.69, 9.17) is 17.3 Å². The molecule has 0 bridgehead atoms. The number of alkyl halides is 1. The SMILES string of the molecule is CCN(C(C)C)C(C)C.NC1(C(=O)Nc2ccc3[nH]nc(-c4ccc(F)cc4)c3c2)CCN(CC(=O)N2CCN(c3ccc(-c4ncccn4)cc3)CC2)C1.O=C(CCl)N1CCN(c2ccc(-c3ncccn3)cc2)CC1.PP.PPP. The van der Waals surface area contributed by atoms with Gasteiger partial charge in [0.25, 0.3) is 0 Å². The highest BCUT2D eigenvalue weighted by atomic mass is 35.5. The van der Waals surface area contributed by atoms with Gasteiger partial charge in [0, 0.05) is 141 Å². The van der Waals surface area contributed by atoms with Crippen LogP contribution >= 0.6 is 55.3 Å². The molecule has 5 atom stereocenters. The monoisotopic (exact) mass is 1230 g/mol. The van der Waals surface area contributed by atoms with E-state index in [2.05, 4.69) is 145 Å². The number of amides is 3. The zero-order valence-electron chi connectivity index (χ0n) is 47.5. The fourth-order valence-electron chi connectivity index (χ4n) is 10.1. The maximum atomic E-state index is 13.4. The molecule has 7 aromatic rings. The summed E-state index contributed by atoms with van der Waals surface area (Å²) < 4.78 is 13.4. The van der Waals surface area contributed by atoms with E-state index in [1.54, 1.807) is 55.1 Å². The number of H-pyrrole nitrogens is 1. The number of fused-ring (bicyclic) bond motifs is 1. The zero-order chi connectivity index (χ0) is 59.2. The Morgan fingerprint density at radius 1 is 0.707 bits per heavy atom. The van der Waals surface area contributed by atoms with Gasteiger partial charge >= 0.3 is 0 Å². The lowest BCUT2D eigenvalue weighted by atomic mass is 9.99. The molecule has 3 fully saturated rings. The number of benzene rings is 4. The van der Waals surface area contributed by atoms with Crippen LogP contribution in [0.2, 0.25) is 0 Å². The second kappa shape index (κ2) is 33.3. The van der Waals surface area contributed by atoms with Crippen LogP contribution in [0.5, 0.6) is 0 Å². The summed E-state index contributed by atoms with van der Waals surface area (Å²) in [5.74, 6) is 0.915. The Hall–Kier alpha value is -5.23. The number of carbonyl (C=O) groups is 3. The molecule has 0 aliphatic carbocycles. The van der Waals surface area contributed by atoms with Gasteiger partial charge in [0.1, 0.15) is 17.2 Å². The smallest absolute Gasteiger partial charge is 0.245 e. The number of likely N-dealkylation sites (tertiary alicyclic amines) is 1. The van der Waals surface area contributed by atoms with E-state index >= 15 is 0 Å². The van der Waals surface area contributed by atoms with E-state index in [0.717, 1.165) is 98.6 Å². The molecule has 10 rings (SSSR count). The standard InChI is InChI=1S/C34H34FN9O2.C16H17ClN4O.C8H19N.H5P3.H4P2/c35-25-6-2-23(3-7-25)31-28-20-26(8-11-29(28)40-41-31)39-33(46)34(36)12-15-42(22-34)21-30(45)44-18-16-43(17-19-44)27-9-4-24(5-10-27)32-37-13-1-14-38-32;17-12-15(22)21-10-8-20(9-11-21)14-4-2-13(3-5-14)16-18-6-1-7-19-16;1-6-9(7(2)3)8(4)5;1-3-2;1-2/h1-11,13-14,20H,12,15-19,21-22,36H2,(H,39,46)(H,40,41);1-7H,8-12H2;7-8H,6H2,1-5H3;3H,1-2H2;1-2H2. The number of nitrogens with two attached hydrogens (primary N) is 1. The predicted molar refractivity (Wildman–Crippen MR) is 351 cm³/mol. The molecule has 0 saturated carbocycles. The summed E-state index contributed by atoms with van der Waals surface area (Å²) in [5.41, 5.74) is 12.5. The lowest BCUT2D eigenvalue weighted by Gasteiger charge is -2.37. The van der Waals surface area contributed by atoms with Crippen molar-refractivity contribution in [3.8, 4) is 34.0 Å². The van der Waals surface area contributed by atoms with Crippen LogP contribution in [0.15, 0.2) is 128 Å². The van der Waals surface area contributed by atoms with Crippen LogP contribution in [0.25, 0.3) is 44.9 Å². The van der Waals surface area contributed by atoms with Gasteiger partial charge in [-0.05, 0) is 144 Å². The second-order valence-electron chi connectivity index (χ2n) is 20.2. The molecule has 438 valence electrons. The Morgan fingerprint density at radius 3 is 1.61 bits per heavy atom. The first-order chi connectivity index (χ1) is 39.6. The Balaban J connectivity index is 0.000000248. The Kier molecular flexibility index (Phi) is 26.8. The quantitative estimate of drug-likeness (QED) is 0.0732. The summed E-state index contributed by atoms with van der Waals surface area (Å²) in [4.78, 5) is 67.9. The molecule has 17 nitrogen and oxygen atoms in total. The third kappa shape index (κ3) is 18.6. The molecule has 6 heterocycles. The lowest BCUT2D eigenvalue weighted by Crippen LogP contribution is -2.54. The second-order valence-corrected chi connectivity index (χ2v) is 24.8. The van der Waals surface area contributed by atoms with E-state index in [1.807, 2.05) is 51.1 Å². The summed E-state index contributed by atoms with van der Waals surface area (Å²) in [5, 5.41) is 11.1. The third-order valence-corrected chi connectivity index (χ3v) is 14.5. The average Bonchev–Trinajstić information content (AvgIpc) is 4.12. The molecular weight excluding hydrogens is 1150 g/mol. The molecule has 0 radical (unpaired) electrons. The van der Waals surface area contributed by atoms with Crippen LogP contribution in [0.4, 0.5) is 21.5 Å². The number of nitrogens with one attached hydrogen (secondary N) is 2. The highest BCUT2D eigenvalue weighted by Crippen LogP contribution is 2.31. The molecular formula is C58H79ClFN14O3P5. The molecule has 3 aliphatic heterocycles. The van der Waals surface area contributed by atoms with Gasteiger partial charge in [0.15, 0.2) is 11.6 Å². The normalized spacial score (nSPS) is 16.1. The van der Waals surface area contributed by atoms with Gasteiger partial charge in [-0.2, -0.15) is 5.10 Å². The van der Waals surface area contributed by atoms with Crippen molar-refractivity contribution in [2.24, 2.45) is 5.73 Å². The number of hydrogen-bond acceptors (Lipinski definition) is 13. The maximum absolute atomic E-state index is 13.4. The number of piperazine rings is 2. The number of hydrogen-bond donors (Lipinski definition) is 3. The molecule has 5 unspecified atom stereocenters. The van der Waals surface area contributed by atoms with Crippen molar-refractivity contribution in [1.29, 1.82) is 0 Å². The fraction of sp³-hybridized carbons (Fsp3) is 0.379. The molecule has 0 spiro atoms. The minimum atomic E-state index is -1.12. The van der Waals surface area contributed by atoms with E-state index in [1.165, 1.54) is 12.1 Å². The topological polar surface area (TPSA) is 189 Å². The number of aromatic amines is 1. The number of aromatic nitrogens is 6. The number of nitrogens with zero attached hydrogens (tertiary/aromatic N) is 11. The first-order valence-corrected chi connectivity index (χ1v) is 35.1. The Labute approximate surface area is 498 Å². The van der Waals surface area contributed by atoms with Gasteiger partial charge in [0.2, 0.25) is 17.7 Å². The van der Waals surface area contributed by atoms with Crippen molar-refractivity contribution in [2.45, 2.75) is 58.7 Å². The van der Waals surface area contributed by atoms with Gasteiger partial charge in [0.05, 0.1) is 17.8 Å². The third-order valence-electron chi connectivity index (χ3n) is 14.3. The van der Waals surface area contributed by atoms with Crippen LogP contribution in [-0.2, 0) is 14.4 Å². The molecule has 3 amide bonds. The molecule has 4 aromatic carbocycles. The minimum absolute atomic E-state index is 0.0119. The summed E-state index contributed by atoms with van der Waals surface area (Å²) in [6, 6.07) is 32.9. The first kappa shape index (κ1) is 65.9. The van der Waals surface area contributed by atoms with Crippen molar-refractivity contribution in [3.05, 3.63) is 134 Å². The van der Waals surface area contributed by atoms with Crippen LogP contribution in [0.3, 0.4) is 0 Å². The molecule has 3 saturated heterocycles. The zero-order valence-corrected chi connectivity index (χ0v) is 53.8. The summed E-state index contributed by atoms with van der Waals surface area (Å²) >= 11 is 5.60. The summed E-state index contributed by atoms with van der Waals surface area (Å²) in [6.45, 7) is 19.2. The average molecular weight is 1230 g/mol. The van der Waals surface area contributed by atoms with Crippen LogP contribution in [-0.4, -0.2) is 169 Å². The number of halogens is 2. The van der Waals surface area contributed by atoms with E-state index in [-0.39, 0.29) is 42.5 Å². The highest BCUT2D eigenvalue weighted by Gasteiger charge is 2.42. The fourth-order valence-corrected chi connectivity index (χ4v) is 10.2. The highest BCUT2D eigenvalue weighted by molar-refractivity contribution is 8.33. The predicted octanol–water partition coefficient (Wildman–Crippen LogP) is 9.57. The summed E-state index contributed by atoms with van der Waals surface area (Å²) in [7, 11) is 10.7. The van der Waals surface area contributed by atoms with Crippen LogP contribution in [0.1, 0.15) is 41.0 Å².